The van der Waals surface area contributed by atoms with E-state index in [1.54, 1.807) is 0 Å². The molecule has 1 aromatic carbocycles. The molecule has 0 heterocycles. The fraction of sp³-hybridized carbons (Fsp3) is 0.588. The Morgan fingerprint density at radius 2 is 1.82 bits per heavy atom. The third-order valence-electron chi connectivity index (χ3n) is 3.31. The molecule has 0 radical (unpaired) electrons. The molecule has 126 valence electrons. The van der Waals surface area contributed by atoms with E-state index in [0.717, 1.165) is 18.7 Å². The standard InChI is InChI=1S/C17H29N3O.HI/c1-6-21-16(12(2)3)7-8-19-17(18)20-15-10-13(4)9-14(5)11-15;/h9-12,16H,6-8H2,1-5H3,(H3,18,19,20);1H. The van der Waals surface area contributed by atoms with E-state index in [-0.39, 0.29) is 30.1 Å². The van der Waals surface area contributed by atoms with Crippen LogP contribution < -0.4 is 11.1 Å². The molecule has 0 aliphatic heterocycles. The zero-order valence-corrected chi connectivity index (χ0v) is 16.7. The Kier molecular flexibility index (Phi) is 10.4. The Bertz CT molecular complexity index is 455. The third-order valence-corrected chi connectivity index (χ3v) is 3.31. The van der Waals surface area contributed by atoms with Crippen LogP contribution in [0.15, 0.2) is 23.2 Å². The molecule has 0 saturated carbocycles. The summed E-state index contributed by atoms with van der Waals surface area (Å²) in [6.45, 7) is 11.9. The van der Waals surface area contributed by atoms with Crippen molar-refractivity contribution in [2.75, 3.05) is 18.5 Å². The van der Waals surface area contributed by atoms with Crippen molar-refractivity contribution in [3.8, 4) is 0 Å². The van der Waals surface area contributed by atoms with Crippen molar-refractivity contribution in [2.24, 2.45) is 16.6 Å². The molecular formula is C17H30IN3O. The number of guanidine groups is 1. The predicted molar refractivity (Wildman–Crippen MR) is 106 cm³/mol. The summed E-state index contributed by atoms with van der Waals surface area (Å²) in [6, 6.07) is 6.26. The first kappa shape index (κ1) is 21.2. The molecule has 1 unspecified atom stereocenters. The second kappa shape index (κ2) is 10.8. The fourth-order valence-corrected chi connectivity index (χ4v) is 2.37. The maximum absolute atomic E-state index is 5.94. The number of nitrogens with one attached hydrogen (secondary N) is 1. The SMILES string of the molecule is CCOC(CCN=C(N)Nc1cc(C)cc(C)c1)C(C)C.I. The van der Waals surface area contributed by atoms with E-state index in [2.05, 4.69) is 56.2 Å². The first-order valence-electron chi connectivity index (χ1n) is 7.69. The van der Waals surface area contributed by atoms with Crippen LogP contribution in [0.5, 0.6) is 0 Å². The lowest BCUT2D eigenvalue weighted by Crippen LogP contribution is -2.25. The van der Waals surface area contributed by atoms with Gasteiger partial charge in [0.1, 0.15) is 0 Å². The number of nitrogens with two attached hydrogens (primary N) is 1. The largest absolute Gasteiger partial charge is 0.378 e. The zero-order valence-electron chi connectivity index (χ0n) is 14.3. The minimum atomic E-state index is 0. The molecule has 0 aromatic heterocycles. The Hall–Kier alpha value is -0.820. The monoisotopic (exact) mass is 419 g/mol. The molecule has 0 fully saturated rings. The number of aryl methyl sites for hydroxylation is 2. The van der Waals surface area contributed by atoms with Crippen LogP contribution in [-0.2, 0) is 4.74 Å². The summed E-state index contributed by atoms with van der Waals surface area (Å²) in [6.07, 6.45) is 1.13. The summed E-state index contributed by atoms with van der Waals surface area (Å²) in [7, 11) is 0. The van der Waals surface area contributed by atoms with Gasteiger partial charge in [-0.15, -0.1) is 24.0 Å². The summed E-state index contributed by atoms with van der Waals surface area (Å²) >= 11 is 0. The molecule has 3 N–H and O–H groups in total. The first-order valence-corrected chi connectivity index (χ1v) is 7.69. The molecular weight excluding hydrogens is 389 g/mol. The average Bonchev–Trinajstić information content (AvgIpc) is 2.36. The van der Waals surface area contributed by atoms with Gasteiger partial charge < -0.3 is 15.8 Å². The maximum Gasteiger partial charge on any atom is 0.193 e. The Morgan fingerprint density at radius 1 is 1.23 bits per heavy atom. The summed E-state index contributed by atoms with van der Waals surface area (Å²) in [5, 5.41) is 3.15. The maximum atomic E-state index is 5.94. The average molecular weight is 419 g/mol. The van der Waals surface area contributed by atoms with Crippen LogP contribution in [0, 0.1) is 19.8 Å². The lowest BCUT2D eigenvalue weighted by atomic mass is 10.0. The molecule has 0 aliphatic rings. The van der Waals surface area contributed by atoms with E-state index in [9.17, 15) is 0 Å². The lowest BCUT2D eigenvalue weighted by molar-refractivity contribution is 0.0266. The Balaban J connectivity index is 0.00000441. The van der Waals surface area contributed by atoms with Gasteiger partial charge in [0.15, 0.2) is 5.96 Å². The van der Waals surface area contributed by atoms with Gasteiger partial charge in [0.05, 0.1) is 6.10 Å². The van der Waals surface area contributed by atoms with Gasteiger partial charge in [-0.1, -0.05) is 19.9 Å². The highest BCUT2D eigenvalue weighted by molar-refractivity contribution is 14.0. The molecule has 1 rings (SSSR count). The number of hydrogen-bond acceptors (Lipinski definition) is 2. The van der Waals surface area contributed by atoms with E-state index >= 15 is 0 Å². The molecule has 5 heteroatoms. The number of aliphatic imine (C=N–C) groups is 1. The second-order valence-electron chi connectivity index (χ2n) is 5.79. The molecule has 4 nitrogen and oxygen atoms in total. The minimum Gasteiger partial charge on any atom is -0.378 e. The number of hydrogen-bond donors (Lipinski definition) is 2. The van der Waals surface area contributed by atoms with Crippen molar-refractivity contribution in [2.45, 2.75) is 47.1 Å². The van der Waals surface area contributed by atoms with Gasteiger partial charge >= 0.3 is 0 Å². The minimum absolute atomic E-state index is 0. The molecule has 0 bridgehead atoms. The van der Waals surface area contributed by atoms with Crippen LogP contribution in [0.25, 0.3) is 0 Å². The highest BCUT2D eigenvalue weighted by Gasteiger charge is 2.12. The second-order valence-corrected chi connectivity index (χ2v) is 5.79. The van der Waals surface area contributed by atoms with Crippen LogP contribution in [-0.4, -0.2) is 25.2 Å². The number of anilines is 1. The molecule has 0 spiro atoms. The van der Waals surface area contributed by atoms with E-state index in [0.29, 0.717) is 18.4 Å². The number of halogens is 1. The first-order chi connectivity index (χ1) is 9.92. The van der Waals surface area contributed by atoms with Crippen molar-refractivity contribution >= 4 is 35.6 Å². The molecule has 0 aliphatic carbocycles. The highest BCUT2D eigenvalue weighted by Crippen LogP contribution is 2.14. The van der Waals surface area contributed by atoms with Crippen molar-refractivity contribution < 1.29 is 4.74 Å². The summed E-state index contributed by atoms with van der Waals surface area (Å²) < 4.78 is 5.70. The van der Waals surface area contributed by atoms with Crippen molar-refractivity contribution in [1.82, 2.24) is 0 Å². The number of nitrogens with zero attached hydrogens (tertiary/aromatic N) is 1. The Morgan fingerprint density at radius 3 is 2.32 bits per heavy atom. The quantitative estimate of drug-likeness (QED) is 0.398. The topological polar surface area (TPSA) is 59.6 Å². The summed E-state index contributed by atoms with van der Waals surface area (Å²) in [4.78, 5) is 4.39. The summed E-state index contributed by atoms with van der Waals surface area (Å²) in [5.41, 5.74) is 9.34. The highest BCUT2D eigenvalue weighted by atomic mass is 127. The van der Waals surface area contributed by atoms with Crippen LogP contribution in [0.4, 0.5) is 5.69 Å². The molecule has 22 heavy (non-hydrogen) atoms. The van der Waals surface area contributed by atoms with Crippen LogP contribution in [0.3, 0.4) is 0 Å². The smallest absolute Gasteiger partial charge is 0.193 e. The van der Waals surface area contributed by atoms with Gasteiger partial charge in [-0.25, -0.2) is 0 Å². The van der Waals surface area contributed by atoms with Gasteiger partial charge in [0.25, 0.3) is 0 Å². The van der Waals surface area contributed by atoms with Crippen molar-refractivity contribution in [1.29, 1.82) is 0 Å². The fourth-order valence-electron chi connectivity index (χ4n) is 2.37. The number of benzene rings is 1. The van der Waals surface area contributed by atoms with Crippen LogP contribution in [0.1, 0.15) is 38.3 Å². The van der Waals surface area contributed by atoms with Gasteiger partial charge in [0, 0.05) is 18.8 Å². The van der Waals surface area contributed by atoms with Gasteiger partial charge in [-0.2, -0.15) is 0 Å². The predicted octanol–water partition coefficient (Wildman–Crippen LogP) is 4.10. The molecule has 0 saturated heterocycles. The van der Waals surface area contributed by atoms with Gasteiger partial charge in [-0.05, 0) is 56.4 Å². The van der Waals surface area contributed by atoms with Crippen LogP contribution >= 0.6 is 24.0 Å². The van der Waals surface area contributed by atoms with E-state index in [4.69, 9.17) is 10.5 Å². The van der Waals surface area contributed by atoms with E-state index in [1.165, 1.54) is 11.1 Å². The van der Waals surface area contributed by atoms with Crippen molar-refractivity contribution in [3.63, 3.8) is 0 Å². The van der Waals surface area contributed by atoms with Crippen molar-refractivity contribution in [3.05, 3.63) is 29.3 Å². The lowest BCUT2D eigenvalue weighted by Gasteiger charge is -2.19. The third kappa shape index (κ3) is 7.98. The van der Waals surface area contributed by atoms with Crippen LogP contribution in [0.2, 0.25) is 0 Å². The Labute approximate surface area is 151 Å². The molecule has 1 aromatic rings. The van der Waals surface area contributed by atoms with E-state index < -0.39 is 0 Å². The van der Waals surface area contributed by atoms with Gasteiger partial charge in [-0.3, -0.25) is 4.99 Å². The summed E-state index contributed by atoms with van der Waals surface area (Å²) in [5.74, 6) is 0.952. The molecule has 0 amide bonds. The number of ether oxygens (including phenoxy) is 1. The number of rotatable bonds is 7. The van der Waals surface area contributed by atoms with E-state index in [1.807, 2.05) is 6.92 Å². The zero-order chi connectivity index (χ0) is 15.8. The van der Waals surface area contributed by atoms with Gasteiger partial charge in [0.2, 0.25) is 0 Å². The molecule has 1 atom stereocenters. The normalized spacial score (nSPS) is 12.9.